The van der Waals surface area contributed by atoms with Crippen LogP contribution in [0.25, 0.3) is 0 Å². The number of hydrogen-bond donors (Lipinski definition) is 3. The highest BCUT2D eigenvalue weighted by Crippen LogP contribution is 2.19. The Hall–Kier alpha value is -3.88. The lowest BCUT2D eigenvalue weighted by Gasteiger charge is -2.28. The van der Waals surface area contributed by atoms with Crippen LogP contribution in [0.5, 0.6) is 0 Å². The largest absolute Gasteiger partial charge is 0.480 e. The van der Waals surface area contributed by atoms with Gasteiger partial charge in [-0.05, 0) is 30.9 Å². The number of rotatable bonds is 9. The van der Waals surface area contributed by atoms with E-state index in [1.807, 2.05) is 60.7 Å². The summed E-state index contributed by atoms with van der Waals surface area (Å²) < 4.78 is 5.15. The second kappa shape index (κ2) is 11.8. The van der Waals surface area contributed by atoms with Crippen LogP contribution in [0.3, 0.4) is 0 Å². The van der Waals surface area contributed by atoms with E-state index < -0.39 is 42.0 Å². The average molecular weight is 468 g/mol. The number of aliphatic carboxylic acids is 1. The first-order valence-electron chi connectivity index (χ1n) is 11.2. The van der Waals surface area contributed by atoms with E-state index in [9.17, 15) is 24.3 Å². The zero-order valence-corrected chi connectivity index (χ0v) is 19.0. The quantitative estimate of drug-likeness (QED) is 0.519. The number of amides is 3. The van der Waals surface area contributed by atoms with Crippen molar-refractivity contribution in [2.75, 3.05) is 6.54 Å². The van der Waals surface area contributed by atoms with Gasteiger partial charge in [-0.25, -0.2) is 9.59 Å². The third-order valence-electron chi connectivity index (χ3n) is 5.66. The van der Waals surface area contributed by atoms with E-state index >= 15 is 0 Å². The predicted octanol–water partition coefficient (Wildman–Crippen LogP) is 2.10. The van der Waals surface area contributed by atoms with Gasteiger partial charge >= 0.3 is 12.1 Å². The van der Waals surface area contributed by atoms with Gasteiger partial charge in [-0.1, -0.05) is 60.7 Å². The van der Waals surface area contributed by atoms with Gasteiger partial charge in [-0.2, -0.15) is 0 Å². The zero-order chi connectivity index (χ0) is 24.5. The molecular weight excluding hydrogens is 438 g/mol. The van der Waals surface area contributed by atoms with Gasteiger partial charge in [0, 0.05) is 13.0 Å². The number of hydrogen-bond acceptors (Lipinski definition) is 5. The molecule has 2 aromatic rings. The summed E-state index contributed by atoms with van der Waals surface area (Å²) >= 11 is 0. The minimum atomic E-state index is -1.06. The Bertz CT molecular complexity index is 998. The Balaban J connectivity index is 1.63. The number of likely N-dealkylation sites (tertiary alicyclic amines) is 1. The van der Waals surface area contributed by atoms with Gasteiger partial charge in [0.05, 0.1) is 0 Å². The molecule has 3 unspecified atom stereocenters. The number of carboxylic acids is 1. The molecule has 0 spiro atoms. The van der Waals surface area contributed by atoms with Crippen LogP contribution in [0, 0.1) is 0 Å². The SMILES string of the molecule is CC(NC(=O)OCc1ccccc1)C(=O)NC(Cc1ccccc1)C(=O)N1CCCC1C(=O)O. The van der Waals surface area contributed by atoms with Crippen molar-refractivity contribution in [3.8, 4) is 0 Å². The maximum absolute atomic E-state index is 13.2. The smallest absolute Gasteiger partial charge is 0.408 e. The highest BCUT2D eigenvalue weighted by molar-refractivity contribution is 5.93. The molecule has 0 bridgehead atoms. The standard InChI is InChI=1S/C25H29N3O6/c1-17(26-25(33)34-16-19-11-6-3-7-12-19)22(29)27-20(15-18-9-4-2-5-10-18)23(30)28-14-8-13-21(28)24(31)32/h2-7,9-12,17,20-21H,8,13-16H2,1H3,(H,26,33)(H,27,29)(H,31,32). The summed E-state index contributed by atoms with van der Waals surface area (Å²) in [4.78, 5) is 51.1. The van der Waals surface area contributed by atoms with E-state index in [1.165, 1.54) is 11.8 Å². The lowest BCUT2D eigenvalue weighted by atomic mass is 10.0. The minimum absolute atomic E-state index is 0.0572. The Morgan fingerprint density at radius 2 is 1.62 bits per heavy atom. The van der Waals surface area contributed by atoms with Gasteiger partial charge in [0.1, 0.15) is 24.7 Å². The summed E-state index contributed by atoms with van der Waals surface area (Å²) in [5.41, 5.74) is 1.62. The second-order valence-corrected chi connectivity index (χ2v) is 8.21. The highest BCUT2D eigenvalue weighted by atomic mass is 16.5. The van der Waals surface area contributed by atoms with Gasteiger partial charge in [-0.3, -0.25) is 9.59 Å². The van der Waals surface area contributed by atoms with Crippen molar-refractivity contribution in [2.45, 2.75) is 50.9 Å². The van der Waals surface area contributed by atoms with Crippen molar-refractivity contribution in [1.29, 1.82) is 0 Å². The van der Waals surface area contributed by atoms with Gasteiger partial charge in [-0.15, -0.1) is 0 Å². The number of nitrogens with zero attached hydrogens (tertiary/aromatic N) is 1. The molecule has 9 nitrogen and oxygen atoms in total. The van der Waals surface area contributed by atoms with Crippen molar-refractivity contribution in [1.82, 2.24) is 15.5 Å². The third kappa shape index (κ3) is 6.81. The lowest BCUT2D eigenvalue weighted by molar-refractivity contribution is -0.149. The molecule has 3 rings (SSSR count). The van der Waals surface area contributed by atoms with E-state index in [1.54, 1.807) is 0 Å². The molecular formula is C25H29N3O6. The first kappa shape index (κ1) is 24.8. The van der Waals surface area contributed by atoms with Crippen LogP contribution in [0.2, 0.25) is 0 Å². The van der Waals surface area contributed by atoms with Crippen LogP contribution < -0.4 is 10.6 Å². The van der Waals surface area contributed by atoms with E-state index in [0.29, 0.717) is 19.4 Å². The summed E-state index contributed by atoms with van der Waals surface area (Å²) in [5, 5.41) is 14.6. The molecule has 1 aliphatic heterocycles. The number of benzene rings is 2. The predicted molar refractivity (Wildman–Crippen MR) is 124 cm³/mol. The first-order valence-corrected chi connectivity index (χ1v) is 11.2. The zero-order valence-electron chi connectivity index (χ0n) is 19.0. The summed E-state index contributed by atoms with van der Waals surface area (Å²) in [5.74, 6) is -2.09. The molecule has 2 aromatic carbocycles. The number of carbonyl (C=O) groups is 4. The summed E-state index contributed by atoms with van der Waals surface area (Å²) in [7, 11) is 0. The van der Waals surface area contributed by atoms with Crippen LogP contribution in [0.4, 0.5) is 4.79 Å². The maximum Gasteiger partial charge on any atom is 0.408 e. The molecule has 0 radical (unpaired) electrons. The average Bonchev–Trinajstić information content (AvgIpc) is 3.33. The molecule has 1 aliphatic rings. The number of carbonyl (C=O) groups excluding carboxylic acids is 3. The lowest BCUT2D eigenvalue weighted by Crippen LogP contribution is -2.56. The Morgan fingerprint density at radius 3 is 2.24 bits per heavy atom. The van der Waals surface area contributed by atoms with Crippen LogP contribution in [0.1, 0.15) is 30.9 Å². The maximum atomic E-state index is 13.2. The molecule has 0 aliphatic carbocycles. The van der Waals surface area contributed by atoms with E-state index in [0.717, 1.165) is 11.1 Å². The van der Waals surface area contributed by atoms with Crippen LogP contribution in [0.15, 0.2) is 60.7 Å². The molecule has 180 valence electrons. The van der Waals surface area contributed by atoms with Crippen molar-refractivity contribution in [3.05, 3.63) is 71.8 Å². The van der Waals surface area contributed by atoms with Crippen molar-refractivity contribution in [3.63, 3.8) is 0 Å². The number of nitrogens with one attached hydrogen (secondary N) is 2. The monoisotopic (exact) mass is 467 g/mol. The molecule has 0 aromatic heterocycles. The first-order chi connectivity index (χ1) is 16.3. The van der Waals surface area contributed by atoms with Crippen LogP contribution in [-0.4, -0.2) is 58.6 Å². The molecule has 1 heterocycles. The molecule has 3 atom stereocenters. The van der Waals surface area contributed by atoms with Crippen molar-refractivity contribution in [2.24, 2.45) is 0 Å². The molecule has 1 saturated heterocycles. The van der Waals surface area contributed by atoms with E-state index in [2.05, 4.69) is 10.6 Å². The van der Waals surface area contributed by atoms with E-state index in [-0.39, 0.29) is 13.0 Å². The molecule has 3 amide bonds. The summed E-state index contributed by atoms with van der Waals surface area (Å²) in [6.45, 7) is 1.86. The summed E-state index contributed by atoms with van der Waals surface area (Å²) in [6, 6.07) is 15.4. The number of ether oxygens (including phenoxy) is 1. The van der Waals surface area contributed by atoms with Crippen LogP contribution >= 0.6 is 0 Å². The molecule has 34 heavy (non-hydrogen) atoms. The van der Waals surface area contributed by atoms with Gasteiger partial charge in [0.25, 0.3) is 0 Å². The highest BCUT2D eigenvalue weighted by Gasteiger charge is 2.38. The molecule has 3 N–H and O–H groups in total. The van der Waals surface area contributed by atoms with Crippen LogP contribution in [-0.2, 0) is 32.1 Å². The minimum Gasteiger partial charge on any atom is -0.480 e. The van der Waals surface area contributed by atoms with E-state index in [4.69, 9.17) is 4.74 Å². The van der Waals surface area contributed by atoms with Crippen molar-refractivity contribution < 1.29 is 29.0 Å². The normalized spacial score (nSPS) is 16.9. The Morgan fingerprint density at radius 1 is 1.00 bits per heavy atom. The number of alkyl carbamates (subject to hydrolysis) is 1. The molecule has 1 fully saturated rings. The Kier molecular flexibility index (Phi) is 8.61. The van der Waals surface area contributed by atoms with Crippen molar-refractivity contribution >= 4 is 23.9 Å². The second-order valence-electron chi connectivity index (χ2n) is 8.21. The fourth-order valence-corrected chi connectivity index (χ4v) is 3.84. The van der Waals surface area contributed by atoms with Gasteiger partial charge < -0.3 is 25.4 Å². The fraction of sp³-hybridized carbons (Fsp3) is 0.360. The number of carboxylic acid groups (broad SMARTS) is 1. The van der Waals surface area contributed by atoms with Gasteiger partial charge in [0.15, 0.2) is 0 Å². The third-order valence-corrected chi connectivity index (χ3v) is 5.66. The van der Waals surface area contributed by atoms with Gasteiger partial charge in [0.2, 0.25) is 11.8 Å². The molecule has 9 heteroatoms. The topological polar surface area (TPSA) is 125 Å². The Labute approximate surface area is 198 Å². The fourth-order valence-electron chi connectivity index (χ4n) is 3.84. The summed E-state index contributed by atoms with van der Waals surface area (Å²) in [6.07, 6.45) is 0.389. The molecule has 0 saturated carbocycles.